The molecular formula is C67H123NO10. The molecule has 456 valence electrons. The lowest BCUT2D eigenvalue weighted by Gasteiger charge is -2.41. The molecule has 0 spiro atoms. The van der Waals surface area contributed by atoms with Gasteiger partial charge in [-0.1, -0.05) is 281 Å². The van der Waals surface area contributed by atoms with Gasteiger partial charge in [-0.15, -0.1) is 0 Å². The Balaban J connectivity index is 2.52. The molecule has 0 saturated carbocycles. The monoisotopic (exact) mass is 1100 g/mol. The molecule has 1 rings (SSSR count). The molecule has 8 atom stereocenters. The van der Waals surface area contributed by atoms with Crippen LogP contribution < -0.4 is 5.32 Å². The number of carbonyl (C=O) groups is 2. The van der Waals surface area contributed by atoms with Gasteiger partial charge in [0.05, 0.1) is 25.4 Å². The molecule has 8 unspecified atom stereocenters. The Labute approximate surface area is 478 Å². The van der Waals surface area contributed by atoms with Crippen molar-refractivity contribution in [3.8, 4) is 0 Å². The van der Waals surface area contributed by atoms with Crippen molar-refractivity contribution in [1.29, 1.82) is 0 Å². The minimum absolute atomic E-state index is 0.125. The summed E-state index contributed by atoms with van der Waals surface area (Å²) in [5.41, 5.74) is 0. The zero-order valence-electron chi connectivity index (χ0n) is 50.5. The molecule has 0 aliphatic carbocycles. The van der Waals surface area contributed by atoms with Gasteiger partial charge in [-0.25, -0.2) is 0 Å². The van der Waals surface area contributed by atoms with Crippen molar-refractivity contribution in [3.63, 3.8) is 0 Å². The Bertz CT molecular complexity index is 1450. The van der Waals surface area contributed by atoms with Crippen molar-refractivity contribution in [3.05, 3.63) is 48.6 Å². The van der Waals surface area contributed by atoms with Gasteiger partial charge in [0, 0.05) is 6.42 Å². The van der Waals surface area contributed by atoms with Crippen LogP contribution in [-0.2, 0) is 23.8 Å². The molecule has 1 saturated heterocycles. The van der Waals surface area contributed by atoms with Gasteiger partial charge in [0.1, 0.15) is 24.4 Å². The van der Waals surface area contributed by atoms with Gasteiger partial charge in [-0.3, -0.25) is 9.59 Å². The Morgan fingerprint density at radius 3 is 1.35 bits per heavy atom. The number of carbonyl (C=O) groups excluding carboxylic acids is 2. The number of rotatable bonds is 56. The second-order valence-electron chi connectivity index (χ2n) is 22.9. The van der Waals surface area contributed by atoms with Crippen LogP contribution in [0, 0.1) is 0 Å². The molecule has 1 aliphatic rings. The number of ether oxygens (including phenoxy) is 3. The van der Waals surface area contributed by atoms with Crippen LogP contribution in [0.1, 0.15) is 303 Å². The van der Waals surface area contributed by atoms with Crippen molar-refractivity contribution in [2.45, 2.75) is 352 Å². The van der Waals surface area contributed by atoms with E-state index in [4.69, 9.17) is 14.2 Å². The summed E-state index contributed by atoms with van der Waals surface area (Å²) < 4.78 is 17.6. The molecule has 1 amide bonds. The van der Waals surface area contributed by atoms with E-state index in [1.165, 1.54) is 186 Å². The molecule has 11 heteroatoms. The third-order valence-electron chi connectivity index (χ3n) is 15.5. The molecule has 1 heterocycles. The van der Waals surface area contributed by atoms with Gasteiger partial charge >= 0.3 is 5.97 Å². The van der Waals surface area contributed by atoms with Gasteiger partial charge in [-0.2, -0.15) is 0 Å². The summed E-state index contributed by atoms with van der Waals surface area (Å²) in [7, 11) is 0. The van der Waals surface area contributed by atoms with E-state index in [1.807, 2.05) is 6.08 Å². The number of esters is 1. The van der Waals surface area contributed by atoms with E-state index in [2.05, 4.69) is 62.5 Å². The predicted octanol–water partition coefficient (Wildman–Crippen LogP) is 16.0. The zero-order chi connectivity index (χ0) is 56.8. The standard InChI is InChI=1S/C67H123NO10/c1-4-7-10-13-16-19-22-24-25-26-27-28-29-30-31-32-33-34-35-36-37-38-40-43-46-49-52-55-62(72)78-65-64(74)63(73)61(56-69)77-67(65)76-57-58(59(70)53-50-47-44-42-39-23-20-17-14-11-8-5-2)68-66(75)60(71)54-51-48-45-41-21-18-15-12-9-6-3/h16,19,24-25,27-28,50,53,58-61,63-65,67,69-71,73-74H,4-15,17-18,20-23,26,29-49,51-52,54-57H2,1-3H3,(H,68,75)/b19-16-,25-24-,28-27-,53-50+. The molecule has 0 radical (unpaired) electrons. The second kappa shape index (κ2) is 55.2. The third-order valence-corrected chi connectivity index (χ3v) is 15.5. The smallest absolute Gasteiger partial charge is 0.306 e. The summed E-state index contributed by atoms with van der Waals surface area (Å²) in [5, 5.41) is 56.9. The van der Waals surface area contributed by atoms with E-state index < -0.39 is 67.4 Å². The summed E-state index contributed by atoms with van der Waals surface area (Å²) >= 11 is 0. The minimum atomic E-state index is -1.61. The predicted molar refractivity (Wildman–Crippen MR) is 324 cm³/mol. The van der Waals surface area contributed by atoms with Crippen LogP contribution in [0.5, 0.6) is 0 Å². The number of aliphatic hydroxyl groups is 5. The van der Waals surface area contributed by atoms with Crippen LogP contribution in [0.2, 0.25) is 0 Å². The number of hydrogen-bond acceptors (Lipinski definition) is 10. The van der Waals surface area contributed by atoms with Crippen LogP contribution in [-0.4, -0.2) is 99.6 Å². The molecule has 0 aromatic carbocycles. The first-order valence-corrected chi connectivity index (χ1v) is 32.9. The number of unbranched alkanes of at least 4 members (excludes halogenated alkanes) is 36. The lowest BCUT2D eigenvalue weighted by Crippen LogP contribution is -2.61. The maximum absolute atomic E-state index is 13.4. The molecule has 11 nitrogen and oxygen atoms in total. The first-order valence-electron chi connectivity index (χ1n) is 32.9. The molecule has 1 aliphatic heterocycles. The average molecular weight is 1100 g/mol. The van der Waals surface area contributed by atoms with Crippen LogP contribution in [0.25, 0.3) is 0 Å². The molecule has 78 heavy (non-hydrogen) atoms. The number of amides is 1. The molecule has 0 aromatic rings. The first kappa shape index (κ1) is 73.6. The summed E-state index contributed by atoms with van der Waals surface area (Å²) in [6.07, 6.45) is 57.4. The highest BCUT2D eigenvalue weighted by molar-refractivity contribution is 5.80. The highest BCUT2D eigenvalue weighted by Gasteiger charge is 2.47. The molecule has 6 N–H and O–H groups in total. The highest BCUT2D eigenvalue weighted by Crippen LogP contribution is 2.26. The van der Waals surface area contributed by atoms with Crippen molar-refractivity contribution in [1.82, 2.24) is 5.32 Å². The molecule has 1 fully saturated rings. The summed E-state index contributed by atoms with van der Waals surface area (Å²) in [6, 6.07) is -1.02. The maximum atomic E-state index is 13.4. The quantitative estimate of drug-likeness (QED) is 0.0195. The molecular weight excluding hydrogens is 979 g/mol. The van der Waals surface area contributed by atoms with Gasteiger partial charge in [0.2, 0.25) is 5.91 Å². The molecule has 0 bridgehead atoms. The van der Waals surface area contributed by atoms with Crippen molar-refractivity contribution in [2.24, 2.45) is 0 Å². The SMILES string of the molecule is CCCCC/C=C\C/C=C\C/C=C\CCCCCCCCCCCCCCCCC(=O)OC1C(OCC(NC(=O)C(O)CCCCCCCCCCCC)C(O)/C=C/CCCCCCCCCCCC)OC(CO)C(O)C1O. The number of nitrogens with one attached hydrogen (secondary N) is 1. The lowest BCUT2D eigenvalue weighted by atomic mass is 9.99. The van der Waals surface area contributed by atoms with Crippen molar-refractivity contribution >= 4 is 11.9 Å². The number of allylic oxidation sites excluding steroid dienone is 7. The Hall–Kier alpha value is -2.38. The summed E-state index contributed by atoms with van der Waals surface area (Å²) in [6.45, 7) is 5.76. The van der Waals surface area contributed by atoms with E-state index in [-0.39, 0.29) is 13.0 Å². The van der Waals surface area contributed by atoms with Gasteiger partial charge in [0.25, 0.3) is 0 Å². The number of aliphatic hydroxyl groups excluding tert-OH is 5. The second-order valence-corrected chi connectivity index (χ2v) is 22.9. The van der Waals surface area contributed by atoms with Crippen LogP contribution in [0.15, 0.2) is 48.6 Å². The molecule has 0 aromatic heterocycles. The van der Waals surface area contributed by atoms with Crippen LogP contribution in [0.4, 0.5) is 0 Å². The van der Waals surface area contributed by atoms with Crippen LogP contribution >= 0.6 is 0 Å². The van der Waals surface area contributed by atoms with Crippen LogP contribution in [0.3, 0.4) is 0 Å². The number of hydrogen-bond donors (Lipinski definition) is 6. The Morgan fingerprint density at radius 1 is 0.500 bits per heavy atom. The van der Waals surface area contributed by atoms with E-state index in [0.717, 1.165) is 70.6 Å². The highest BCUT2D eigenvalue weighted by atomic mass is 16.7. The van der Waals surface area contributed by atoms with E-state index >= 15 is 0 Å². The zero-order valence-corrected chi connectivity index (χ0v) is 50.5. The fraction of sp³-hybridized carbons (Fsp3) is 0.851. The lowest BCUT2D eigenvalue weighted by molar-refractivity contribution is -0.305. The maximum Gasteiger partial charge on any atom is 0.306 e. The average Bonchev–Trinajstić information content (AvgIpc) is 3.45. The topological polar surface area (TPSA) is 175 Å². The van der Waals surface area contributed by atoms with Crippen molar-refractivity contribution < 1.29 is 49.3 Å². The third kappa shape index (κ3) is 42.5. The Kier molecular flexibility index (Phi) is 52.1. The van der Waals surface area contributed by atoms with Crippen molar-refractivity contribution in [2.75, 3.05) is 13.2 Å². The minimum Gasteiger partial charge on any atom is -0.454 e. The van der Waals surface area contributed by atoms with E-state index in [1.54, 1.807) is 6.08 Å². The largest absolute Gasteiger partial charge is 0.454 e. The fourth-order valence-electron chi connectivity index (χ4n) is 10.2. The summed E-state index contributed by atoms with van der Waals surface area (Å²) in [4.78, 5) is 26.5. The van der Waals surface area contributed by atoms with E-state index in [9.17, 15) is 35.1 Å². The van der Waals surface area contributed by atoms with Gasteiger partial charge < -0.3 is 45.1 Å². The summed E-state index contributed by atoms with van der Waals surface area (Å²) in [5.74, 6) is -1.19. The van der Waals surface area contributed by atoms with Gasteiger partial charge in [-0.05, 0) is 64.2 Å². The first-order chi connectivity index (χ1) is 38.2. The normalized spacial score (nSPS) is 19.2. The fourth-order valence-corrected chi connectivity index (χ4v) is 10.2. The van der Waals surface area contributed by atoms with E-state index in [0.29, 0.717) is 19.3 Å². The van der Waals surface area contributed by atoms with Gasteiger partial charge in [0.15, 0.2) is 12.4 Å². The Morgan fingerprint density at radius 2 is 0.885 bits per heavy atom.